The third-order valence-corrected chi connectivity index (χ3v) is 5.28. The molecule has 1 aliphatic heterocycles. The van der Waals surface area contributed by atoms with Gasteiger partial charge >= 0.3 is 0 Å². The molecule has 0 radical (unpaired) electrons. The summed E-state index contributed by atoms with van der Waals surface area (Å²) in [7, 11) is 1.98. The molecule has 2 fully saturated rings. The van der Waals surface area contributed by atoms with E-state index in [0.29, 0.717) is 6.04 Å². The number of nitrogens with zero attached hydrogens (tertiary/aromatic N) is 3. The number of piperidine rings is 1. The summed E-state index contributed by atoms with van der Waals surface area (Å²) in [5, 5.41) is 4.33. The highest BCUT2D eigenvalue weighted by molar-refractivity contribution is 5.13. The second-order valence-electron chi connectivity index (χ2n) is 6.84. The number of aromatic nitrogens is 2. The number of hydrogen-bond donors (Lipinski definition) is 1. The number of fused-ring (bicyclic) bond motifs is 1. The van der Waals surface area contributed by atoms with Gasteiger partial charge < -0.3 is 5.73 Å². The van der Waals surface area contributed by atoms with Crippen LogP contribution in [0.5, 0.6) is 0 Å². The van der Waals surface area contributed by atoms with E-state index < -0.39 is 0 Å². The maximum Gasteiger partial charge on any atom is 0.0538 e. The van der Waals surface area contributed by atoms with Crippen LogP contribution in [-0.2, 0) is 7.05 Å². The first-order chi connectivity index (χ1) is 9.65. The molecule has 4 atom stereocenters. The van der Waals surface area contributed by atoms with Crippen molar-refractivity contribution in [3.63, 3.8) is 0 Å². The second-order valence-corrected chi connectivity index (χ2v) is 6.84. The Morgan fingerprint density at radius 1 is 1.25 bits per heavy atom. The van der Waals surface area contributed by atoms with E-state index in [1.54, 1.807) is 0 Å². The predicted octanol–water partition coefficient (Wildman–Crippen LogP) is 2.32. The van der Waals surface area contributed by atoms with Crippen LogP contribution >= 0.6 is 0 Å². The summed E-state index contributed by atoms with van der Waals surface area (Å²) in [5.74, 6) is 1.87. The minimum absolute atomic E-state index is 0.152. The fraction of sp³-hybridized carbons (Fsp3) is 0.812. The first kappa shape index (κ1) is 14.1. The highest BCUT2D eigenvalue weighted by atomic mass is 15.3. The van der Waals surface area contributed by atoms with E-state index in [2.05, 4.69) is 23.1 Å². The Morgan fingerprint density at radius 2 is 2.00 bits per heavy atom. The van der Waals surface area contributed by atoms with Gasteiger partial charge in [0.25, 0.3) is 0 Å². The zero-order chi connectivity index (χ0) is 14.1. The summed E-state index contributed by atoms with van der Waals surface area (Å²) < 4.78 is 1.89. The van der Waals surface area contributed by atoms with Crippen LogP contribution in [0, 0.1) is 11.8 Å². The second kappa shape index (κ2) is 5.86. The molecule has 112 valence electrons. The molecule has 0 bridgehead atoms. The van der Waals surface area contributed by atoms with Crippen LogP contribution in [0.4, 0.5) is 0 Å². The molecule has 4 unspecified atom stereocenters. The smallest absolute Gasteiger partial charge is 0.0538 e. The SMILES string of the molecule is CC(N)C(c1cnn(C)c1)N1CCC2CCCCC2C1. The highest BCUT2D eigenvalue weighted by Gasteiger charge is 2.35. The van der Waals surface area contributed by atoms with Gasteiger partial charge in [-0.05, 0) is 38.1 Å². The van der Waals surface area contributed by atoms with Crippen LogP contribution in [-0.4, -0.2) is 33.8 Å². The highest BCUT2D eigenvalue weighted by Crippen LogP contribution is 2.39. The standard InChI is InChI=1S/C16H28N4/c1-12(17)16(15-9-18-19(2)10-15)20-8-7-13-5-3-4-6-14(13)11-20/h9-10,12-14,16H,3-8,11,17H2,1-2H3. The van der Waals surface area contributed by atoms with Gasteiger partial charge in [-0.15, -0.1) is 0 Å². The summed E-state index contributed by atoms with van der Waals surface area (Å²) in [6, 6.07) is 0.478. The Kier molecular flexibility index (Phi) is 4.13. The Labute approximate surface area is 122 Å². The maximum absolute atomic E-state index is 6.30. The van der Waals surface area contributed by atoms with Crippen molar-refractivity contribution in [2.75, 3.05) is 13.1 Å². The zero-order valence-electron chi connectivity index (χ0n) is 12.8. The Morgan fingerprint density at radius 3 is 2.65 bits per heavy atom. The quantitative estimate of drug-likeness (QED) is 0.921. The van der Waals surface area contributed by atoms with Crippen LogP contribution in [0.3, 0.4) is 0 Å². The van der Waals surface area contributed by atoms with Crippen molar-refractivity contribution < 1.29 is 0 Å². The van der Waals surface area contributed by atoms with Gasteiger partial charge in [-0.25, -0.2) is 0 Å². The topological polar surface area (TPSA) is 47.1 Å². The van der Waals surface area contributed by atoms with Gasteiger partial charge in [0, 0.05) is 31.4 Å². The monoisotopic (exact) mass is 276 g/mol. The first-order valence-electron chi connectivity index (χ1n) is 8.13. The molecule has 1 saturated carbocycles. The molecule has 4 heteroatoms. The van der Waals surface area contributed by atoms with Crippen molar-refractivity contribution in [2.24, 2.45) is 24.6 Å². The summed E-state index contributed by atoms with van der Waals surface area (Å²) in [5.41, 5.74) is 7.57. The van der Waals surface area contributed by atoms with Crippen LogP contribution in [0.1, 0.15) is 50.6 Å². The number of aryl methyl sites for hydroxylation is 1. The fourth-order valence-corrected chi connectivity index (χ4v) is 4.32. The van der Waals surface area contributed by atoms with Crippen molar-refractivity contribution >= 4 is 0 Å². The molecule has 1 aromatic heterocycles. The molecule has 3 rings (SSSR count). The lowest BCUT2D eigenvalue weighted by atomic mass is 9.74. The lowest BCUT2D eigenvalue weighted by molar-refractivity contribution is 0.0494. The van der Waals surface area contributed by atoms with Crippen LogP contribution < -0.4 is 5.73 Å². The van der Waals surface area contributed by atoms with Crippen molar-refractivity contribution in [1.29, 1.82) is 0 Å². The van der Waals surface area contributed by atoms with Gasteiger partial charge in [0.05, 0.1) is 12.2 Å². The van der Waals surface area contributed by atoms with Crippen LogP contribution in [0.25, 0.3) is 0 Å². The minimum atomic E-state index is 0.152. The average Bonchev–Trinajstić information content (AvgIpc) is 2.85. The van der Waals surface area contributed by atoms with Crippen LogP contribution in [0.15, 0.2) is 12.4 Å². The van der Waals surface area contributed by atoms with Crippen molar-refractivity contribution in [1.82, 2.24) is 14.7 Å². The zero-order valence-corrected chi connectivity index (χ0v) is 12.8. The minimum Gasteiger partial charge on any atom is -0.326 e. The number of hydrogen-bond acceptors (Lipinski definition) is 3. The van der Waals surface area contributed by atoms with E-state index in [1.807, 2.05) is 17.9 Å². The summed E-state index contributed by atoms with van der Waals surface area (Å²) in [4.78, 5) is 2.62. The van der Waals surface area contributed by atoms with E-state index in [-0.39, 0.29) is 6.04 Å². The molecule has 2 N–H and O–H groups in total. The lowest BCUT2D eigenvalue weighted by Crippen LogP contribution is -2.47. The largest absolute Gasteiger partial charge is 0.326 e. The molecule has 1 saturated heterocycles. The van der Waals surface area contributed by atoms with Crippen molar-refractivity contribution in [2.45, 2.75) is 51.1 Å². The maximum atomic E-state index is 6.30. The fourth-order valence-electron chi connectivity index (χ4n) is 4.32. The Bertz CT molecular complexity index is 439. The number of rotatable bonds is 3. The van der Waals surface area contributed by atoms with Crippen LogP contribution in [0.2, 0.25) is 0 Å². The number of likely N-dealkylation sites (tertiary alicyclic amines) is 1. The molecular formula is C16H28N4. The average molecular weight is 276 g/mol. The Hall–Kier alpha value is -0.870. The number of nitrogens with two attached hydrogens (primary N) is 1. The van der Waals surface area contributed by atoms with Gasteiger partial charge in [-0.1, -0.05) is 19.3 Å². The molecule has 4 nitrogen and oxygen atoms in total. The molecular weight excluding hydrogens is 248 g/mol. The van der Waals surface area contributed by atoms with E-state index in [4.69, 9.17) is 5.73 Å². The summed E-state index contributed by atoms with van der Waals surface area (Å²) in [6.45, 7) is 4.55. The normalized spacial score (nSPS) is 30.8. The third kappa shape index (κ3) is 2.77. The predicted molar refractivity (Wildman–Crippen MR) is 81.2 cm³/mol. The van der Waals surface area contributed by atoms with Crippen molar-refractivity contribution in [3.05, 3.63) is 18.0 Å². The molecule has 2 heterocycles. The summed E-state index contributed by atoms with van der Waals surface area (Å²) >= 11 is 0. The molecule has 1 aromatic rings. The molecule has 2 aliphatic rings. The van der Waals surface area contributed by atoms with Gasteiger partial charge in [-0.3, -0.25) is 9.58 Å². The molecule has 0 aromatic carbocycles. The molecule has 20 heavy (non-hydrogen) atoms. The van der Waals surface area contributed by atoms with Crippen molar-refractivity contribution in [3.8, 4) is 0 Å². The van der Waals surface area contributed by atoms with Gasteiger partial charge in [0.1, 0.15) is 0 Å². The van der Waals surface area contributed by atoms with E-state index in [9.17, 15) is 0 Å². The van der Waals surface area contributed by atoms with E-state index in [0.717, 1.165) is 11.8 Å². The third-order valence-electron chi connectivity index (χ3n) is 5.28. The first-order valence-corrected chi connectivity index (χ1v) is 8.13. The Balaban J connectivity index is 1.75. The van der Waals surface area contributed by atoms with Gasteiger partial charge in [0.15, 0.2) is 0 Å². The van der Waals surface area contributed by atoms with E-state index >= 15 is 0 Å². The van der Waals surface area contributed by atoms with E-state index in [1.165, 1.54) is 50.8 Å². The lowest BCUT2D eigenvalue weighted by Gasteiger charge is -2.45. The van der Waals surface area contributed by atoms with Gasteiger partial charge in [-0.2, -0.15) is 5.10 Å². The molecule has 0 spiro atoms. The summed E-state index contributed by atoms with van der Waals surface area (Å²) in [6.07, 6.45) is 11.2. The molecule has 1 aliphatic carbocycles. The molecule has 0 amide bonds. The van der Waals surface area contributed by atoms with Gasteiger partial charge in [0.2, 0.25) is 0 Å².